The SMILES string of the molecule is COc1ccc(N)c(Oc2ccc(F)cc2Cl)c1. The maximum absolute atomic E-state index is 12.9. The molecule has 0 unspecified atom stereocenters. The van der Waals surface area contributed by atoms with Gasteiger partial charge in [-0.05, 0) is 30.3 Å². The third-order valence-electron chi connectivity index (χ3n) is 2.33. The molecule has 0 saturated carbocycles. The second-order valence-electron chi connectivity index (χ2n) is 3.58. The Hall–Kier alpha value is -1.94. The minimum atomic E-state index is -0.425. The molecule has 2 aromatic rings. The summed E-state index contributed by atoms with van der Waals surface area (Å²) >= 11 is 5.87. The first-order valence-electron chi connectivity index (χ1n) is 5.16. The van der Waals surface area contributed by atoms with Gasteiger partial charge in [-0.2, -0.15) is 0 Å². The number of ether oxygens (including phenoxy) is 2. The number of benzene rings is 2. The molecule has 2 aromatic carbocycles. The van der Waals surface area contributed by atoms with Crippen molar-refractivity contribution >= 4 is 17.3 Å². The van der Waals surface area contributed by atoms with Gasteiger partial charge in [-0.25, -0.2) is 4.39 Å². The van der Waals surface area contributed by atoms with E-state index in [-0.39, 0.29) is 5.02 Å². The second kappa shape index (κ2) is 5.14. The number of nitrogen functional groups attached to an aromatic ring is 1. The van der Waals surface area contributed by atoms with Crippen molar-refractivity contribution in [3.8, 4) is 17.2 Å². The summed E-state index contributed by atoms with van der Waals surface area (Å²) in [6.07, 6.45) is 0. The molecule has 0 spiro atoms. The molecule has 94 valence electrons. The zero-order valence-electron chi connectivity index (χ0n) is 9.61. The first-order chi connectivity index (χ1) is 8.60. The second-order valence-corrected chi connectivity index (χ2v) is 3.99. The zero-order chi connectivity index (χ0) is 13.1. The number of hydrogen-bond donors (Lipinski definition) is 1. The summed E-state index contributed by atoms with van der Waals surface area (Å²) in [7, 11) is 1.54. The van der Waals surface area contributed by atoms with Crippen molar-refractivity contribution in [3.63, 3.8) is 0 Å². The fourth-order valence-electron chi connectivity index (χ4n) is 1.41. The quantitative estimate of drug-likeness (QED) is 0.859. The van der Waals surface area contributed by atoms with E-state index in [1.807, 2.05) is 0 Å². The van der Waals surface area contributed by atoms with Crippen molar-refractivity contribution in [3.05, 3.63) is 47.2 Å². The van der Waals surface area contributed by atoms with Crippen LogP contribution in [0.3, 0.4) is 0 Å². The normalized spacial score (nSPS) is 10.2. The summed E-state index contributed by atoms with van der Waals surface area (Å²) < 4.78 is 23.5. The highest BCUT2D eigenvalue weighted by Gasteiger charge is 2.08. The van der Waals surface area contributed by atoms with E-state index in [0.717, 1.165) is 0 Å². The Bertz CT molecular complexity index is 575. The Morgan fingerprint density at radius 1 is 1.11 bits per heavy atom. The van der Waals surface area contributed by atoms with Crippen LogP contribution in [0, 0.1) is 5.82 Å². The number of halogens is 2. The van der Waals surface area contributed by atoms with E-state index in [1.165, 1.54) is 18.2 Å². The number of methoxy groups -OCH3 is 1. The van der Waals surface area contributed by atoms with Gasteiger partial charge in [0, 0.05) is 6.07 Å². The summed E-state index contributed by atoms with van der Waals surface area (Å²) in [5.41, 5.74) is 6.22. The molecular weight excluding hydrogens is 257 g/mol. The van der Waals surface area contributed by atoms with E-state index < -0.39 is 5.82 Å². The maximum Gasteiger partial charge on any atom is 0.154 e. The molecule has 0 aliphatic heterocycles. The molecule has 0 aromatic heterocycles. The fraction of sp³-hybridized carbons (Fsp3) is 0.0769. The highest BCUT2D eigenvalue weighted by Crippen LogP contribution is 2.34. The van der Waals surface area contributed by atoms with Crippen LogP contribution in [0.1, 0.15) is 0 Å². The van der Waals surface area contributed by atoms with Crippen molar-refractivity contribution in [2.75, 3.05) is 12.8 Å². The van der Waals surface area contributed by atoms with Crippen LogP contribution in [0.4, 0.5) is 10.1 Å². The van der Waals surface area contributed by atoms with Crippen LogP contribution in [0.5, 0.6) is 17.2 Å². The van der Waals surface area contributed by atoms with E-state index in [0.29, 0.717) is 22.9 Å². The number of hydrogen-bond acceptors (Lipinski definition) is 3. The van der Waals surface area contributed by atoms with Crippen LogP contribution in [0.25, 0.3) is 0 Å². The van der Waals surface area contributed by atoms with Gasteiger partial charge in [-0.1, -0.05) is 11.6 Å². The Labute approximate surface area is 109 Å². The van der Waals surface area contributed by atoms with E-state index in [2.05, 4.69) is 0 Å². The lowest BCUT2D eigenvalue weighted by molar-refractivity contribution is 0.409. The third kappa shape index (κ3) is 2.65. The van der Waals surface area contributed by atoms with Crippen molar-refractivity contribution in [2.24, 2.45) is 0 Å². The predicted molar refractivity (Wildman–Crippen MR) is 68.9 cm³/mol. The topological polar surface area (TPSA) is 44.5 Å². The molecule has 0 heterocycles. The third-order valence-corrected chi connectivity index (χ3v) is 2.63. The van der Waals surface area contributed by atoms with Crippen LogP contribution < -0.4 is 15.2 Å². The molecule has 3 nitrogen and oxygen atoms in total. The molecule has 0 saturated heterocycles. The average Bonchev–Trinajstić information content (AvgIpc) is 2.35. The lowest BCUT2D eigenvalue weighted by Crippen LogP contribution is -1.94. The summed E-state index contributed by atoms with van der Waals surface area (Å²) in [6.45, 7) is 0. The van der Waals surface area contributed by atoms with E-state index >= 15 is 0 Å². The fourth-order valence-corrected chi connectivity index (χ4v) is 1.61. The summed E-state index contributed by atoms with van der Waals surface area (Å²) in [6, 6.07) is 8.89. The number of rotatable bonds is 3. The van der Waals surface area contributed by atoms with Crippen LogP contribution in [0.2, 0.25) is 5.02 Å². The predicted octanol–water partition coefficient (Wildman–Crippen LogP) is 3.86. The highest BCUT2D eigenvalue weighted by molar-refractivity contribution is 6.32. The molecule has 5 heteroatoms. The van der Waals surface area contributed by atoms with Gasteiger partial charge in [0.1, 0.15) is 17.3 Å². The standard InChI is InChI=1S/C13H11ClFNO2/c1-17-9-3-4-11(16)13(7-9)18-12-5-2-8(15)6-10(12)14/h2-7H,16H2,1H3. The van der Waals surface area contributed by atoms with Gasteiger partial charge >= 0.3 is 0 Å². The lowest BCUT2D eigenvalue weighted by Gasteiger charge is -2.11. The van der Waals surface area contributed by atoms with Crippen LogP contribution >= 0.6 is 11.6 Å². The number of anilines is 1. The molecule has 2 rings (SSSR count). The molecule has 18 heavy (non-hydrogen) atoms. The molecule has 2 N–H and O–H groups in total. The van der Waals surface area contributed by atoms with Crippen molar-refractivity contribution < 1.29 is 13.9 Å². The van der Waals surface area contributed by atoms with Crippen LogP contribution in [0.15, 0.2) is 36.4 Å². The Balaban J connectivity index is 2.33. The van der Waals surface area contributed by atoms with Gasteiger partial charge in [-0.15, -0.1) is 0 Å². The first kappa shape index (κ1) is 12.5. The maximum atomic E-state index is 12.9. The van der Waals surface area contributed by atoms with Gasteiger partial charge in [0.2, 0.25) is 0 Å². The van der Waals surface area contributed by atoms with E-state index in [1.54, 1.807) is 25.3 Å². The lowest BCUT2D eigenvalue weighted by atomic mass is 10.2. The van der Waals surface area contributed by atoms with E-state index in [9.17, 15) is 4.39 Å². The average molecular weight is 268 g/mol. The largest absolute Gasteiger partial charge is 0.497 e. The first-order valence-corrected chi connectivity index (χ1v) is 5.54. The molecule has 0 aliphatic carbocycles. The van der Waals surface area contributed by atoms with Crippen LogP contribution in [-0.4, -0.2) is 7.11 Å². The Kier molecular flexibility index (Phi) is 3.58. The molecule has 0 atom stereocenters. The van der Waals surface area contributed by atoms with E-state index in [4.69, 9.17) is 26.8 Å². The van der Waals surface area contributed by atoms with Crippen molar-refractivity contribution in [1.82, 2.24) is 0 Å². The monoisotopic (exact) mass is 267 g/mol. The van der Waals surface area contributed by atoms with Crippen LogP contribution in [-0.2, 0) is 0 Å². The molecule has 0 amide bonds. The molecule has 0 bridgehead atoms. The minimum Gasteiger partial charge on any atom is -0.497 e. The Morgan fingerprint density at radius 3 is 2.56 bits per heavy atom. The zero-order valence-corrected chi connectivity index (χ0v) is 10.4. The number of nitrogens with two attached hydrogens (primary N) is 1. The molecule has 0 fully saturated rings. The highest BCUT2D eigenvalue weighted by atomic mass is 35.5. The molecule has 0 aliphatic rings. The Morgan fingerprint density at radius 2 is 1.89 bits per heavy atom. The summed E-state index contributed by atoms with van der Waals surface area (Å²) in [4.78, 5) is 0. The van der Waals surface area contributed by atoms with Gasteiger partial charge in [0.05, 0.1) is 17.8 Å². The molecular formula is C13H11ClFNO2. The summed E-state index contributed by atoms with van der Waals surface area (Å²) in [5.74, 6) is 0.921. The van der Waals surface area contributed by atoms with Gasteiger partial charge in [0.15, 0.2) is 5.75 Å². The van der Waals surface area contributed by atoms with Gasteiger partial charge in [0.25, 0.3) is 0 Å². The smallest absolute Gasteiger partial charge is 0.154 e. The minimum absolute atomic E-state index is 0.178. The summed E-state index contributed by atoms with van der Waals surface area (Å²) in [5, 5.41) is 0.178. The van der Waals surface area contributed by atoms with Crippen molar-refractivity contribution in [2.45, 2.75) is 0 Å². The van der Waals surface area contributed by atoms with Gasteiger partial charge in [-0.3, -0.25) is 0 Å². The van der Waals surface area contributed by atoms with Gasteiger partial charge < -0.3 is 15.2 Å². The van der Waals surface area contributed by atoms with Crippen molar-refractivity contribution in [1.29, 1.82) is 0 Å². The molecule has 0 radical (unpaired) electrons.